The Morgan fingerprint density at radius 2 is 1.79 bits per heavy atom. The van der Waals surface area contributed by atoms with Crippen LogP contribution in [0.4, 0.5) is 0 Å². The van der Waals surface area contributed by atoms with Crippen LogP contribution < -0.4 is 5.90 Å². The molecule has 0 saturated carbocycles. The summed E-state index contributed by atoms with van der Waals surface area (Å²) in [6.45, 7) is 11.6. The number of hydrogen-bond donors (Lipinski definition) is 2. The van der Waals surface area contributed by atoms with Crippen molar-refractivity contribution in [2.75, 3.05) is 6.61 Å². The van der Waals surface area contributed by atoms with Gasteiger partial charge in [0.1, 0.15) is 5.75 Å². The third-order valence-corrected chi connectivity index (χ3v) is 3.32. The summed E-state index contributed by atoms with van der Waals surface area (Å²) in [6, 6.07) is 5.85. The van der Waals surface area contributed by atoms with Gasteiger partial charge >= 0.3 is 0 Å². The highest BCUT2D eigenvalue weighted by Crippen LogP contribution is 2.37. The lowest BCUT2D eigenvalue weighted by Crippen LogP contribution is -2.25. The molecule has 0 aromatic heterocycles. The smallest absolute Gasteiger partial charge is 0.118 e. The normalized spacial score (nSPS) is 12.7. The number of nitrogens with two attached hydrogens (primary N) is 1. The van der Waals surface area contributed by atoms with Crippen molar-refractivity contribution in [1.82, 2.24) is 0 Å². The standard InChI is InChI=1S/C16H27NO2/c1-15(2,3)11-16(4,5)13-6-7-14(18)12(10-13)8-9-19-17/h6-7,10,18H,8-9,11,17H2,1-5H3. The summed E-state index contributed by atoms with van der Waals surface area (Å²) in [5, 5.41) is 9.86. The Kier molecular flexibility index (Phi) is 4.99. The Morgan fingerprint density at radius 1 is 1.16 bits per heavy atom. The predicted molar refractivity (Wildman–Crippen MR) is 79.0 cm³/mol. The predicted octanol–water partition coefficient (Wildman–Crippen LogP) is 3.54. The van der Waals surface area contributed by atoms with E-state index in [-0.39, 0.29) is 10.8 Å². The van der Waals surface area contributed by atoms with E-state index in [2.05, 4.69) is 45.5 Å². The minimum Gasteiger partial charge on any atom is -0.508 e. The lowest BCUT2D eigenvalue weighted by molar-refractivity contribution is 0.140. The van der Waals surface area contributed by atoms with E-state index in [1.54, 1.807) is 6.07 Å². The number of rotatable bonds is 5. The fraction of sp³-hybridized carbons (Fsp3) is 0.625. The molecule has 3 heteroatoms. The Hall–Kier alpha value is -1.06. The maximum absolute atomic E-state index is 9.86. The van der Waals surface area contributed by atoms with Crippen molar-refractivity contribution >= 4 is 0 Å². The maximum Gasteiger partial charge on any atom is 0.118 e. The van der Waals surface area contributed by atoms with Gasteiger partial charge in [-0.3, -0.25) is 0 Å². The molecule has 0 atom stereocenters. The monoisotopic (exact) mass is 265 g/mol. The van der Waals surface area contributed by atoms with Gasteiger partial charge in [-0.25, -0.2) is 5.90 Å². The first kappa shape index (κ1) is 16.0. The third kappa shape index (κ3) is 4.84. The molecule has 19 heavy (non-hydrogen) atoms. The zero-order valence-electron chi connectivity index (χ0n) is 12.8. The van der Waals surface area contributed by atoms with E-state index >= 15 is 0 Å². The van der Waals surface area contributed by atoms with Gasteiger partial charge in [-0.05, 0) is 34.4 Å². The van der Waals surface area contributed by atoms with Gasteiger partial charge in [0.25, 0.3) is 0 Å². The van der Waals surface area contributed by atoms with E-state index in [9.17, 15) is 5.11 Å². The van der Waals surface area contributed by atoms with Gasteiger partial charge in [0.05, 0.1) is 6.61 Å². The van der Waals surface area contributed by atoms with Crippen LogP contribution in [0, 0.1) is 5.41 Å². The molecule has 0 aliphatic rings. The minimum atomic E-state index is 0.0737. The Balaban J connectivity index is 3.00. The van der Waals surface area contributed by atoms with Gasteiger partial charge in [0.15, 0.2) is 0 Å². The topological polar surface area (TPSA) is 55.5 Å². The zero-order chi connectivity index (χ0) is 14.7. The number of phenols is 1. The summed E-state index contributed by atoms with van der Waals surface area (Å²) in [7, 11) is 0. The molecule has 3 nitrogen and oxygen atoms in total. The molecule has 0 bridgehead atoms. The molecule has 0 saturated heterocycles. The average Bonchev–Trinajstić information content (AvgIpc) is 2.24. The molecule has 0 amide bonds. The first-order valence-corrected chi connectivity index (χ1v) is 6.80. The van der Waals surface area contributed by atoms with Crippen LogP contribution in [0.15, 0.2) is 18.2 Å². The number of phenolic OH excluding ortho intramolecular Hbond substituents is 1. The molecule has 1 aromatic carbocycles. The van der Waals surface area contributed by atoms with E-state index < -0.39 is 0 Å². The number of aromatic hydroxyl groups is 1. The molecule has 1 aromatic rings. The molecule has 3 N–H and O–H groups in total. The fourth-order valence-electron chi connectivity index (χ4n) is 2.80. The van der Waals surface area contributed by atoms with Gasteiger partial charge in [0, 0.05) is 6.42 Å². The summed E-state index contributed by atoms with van der Waals surface area (Å²) < 4.78 is 0. The molecule has 0 unspecified atom stereocenters. The highest BCUT2D eigenvalue weighted by molar-refractivity contribution is 5.39. The van der Waals surface area contributed by atoms with Crippen molar-refractivity contribution in [3.05, 3.63) is 29.3 Å². The summed E-state index contributed by atoms with van der Waals surface area (Å²) >= 11 is 0. The van der Waals surface area contributed by atoms with Gasteiger partial charge in [-0.1, -0.05) is 46.8 Å². The van der Waals surface area contributed by atoms with Gasteiger partial charge < -0.3 is 9.94 Å². The lowest BCUT2D eigenvalue weighted by Gasteiger charge is -2.33. The van der Waals surface area contributed by atoms with Crippen molar-refractivity contribution in [1.29, 1.82) is 0 Å². The molecule has 0 aliphatic carbocycles. The highest BCUT2D eigenvalue weighted by Gasteiger charge is 2.27. The molecule has 0 radical (unpaired) electrons. The second-order valence-corrected chi connectivity index (χ2v) is 7.09. The van der Waals surface area contributed by atoms with E-state index in [0.717, 1.165) is 12.0 Å². The fourth-order valence-corrected chi connectivity index (χ4v) is 2.80. The first-order valence-electron chi connectivity index (χ1n) is 6.80. The second-order valence-electron chi connectivity index (χ2n) is 7.09. The summed E-state index contributed by atoms with van der Waals surface area (Å²) in [5.74, 6) is 5.36. The van der Waals surface area contributed by atoms with E-state index in [0.29, 0.717) is 18.8 Å². The van der Waals surface area contributed by atoms with Crippen molar-refractivity contribution in [2.45, 2.75) is 52.9 Å². The second kappa shape index (κ2) is 5.93. The first-order chi connectivity index (χ1) is 8.65. The lowest BCUT2D eigenvalue weighted by atomic mass is 9.72. The molecular formula is C16H27NO2. The number of benzene rings is 1. The van der Waals surface area contributed by atoms with Crippen LogP contribution in [0.1, 0.15) is 52.2 Å². The zero-order valence-corrected chi connectivity index (χ0v) is 12.8. The van der Waals surface area contributed by atoms with Crippen LogP contribution in [0.2, 0.25) is 0 Å². The molecule has 108 valence electrons. The van der Waals surface area contributed by atoms with Crippen LogP contribution in [0.25, 0.3) is 0 Å². The van der Waals surface area contributed by atoms with Crippen LogP contribution in [-0.4, -0.2) is 11.7 Å². The minimum absolute atomic E-state index is 0.0737. The van der Waals surface area contributed by atoms with Crippen molar-refractivity contribution in [3.63, 3.8) is 0 Å². The number of hydrogen-bond acceptors (Lipinski definition) is 3. The van der Waals surface area contributed by atoms with Crippen LogP contribution in [-0.2, 0) is 16.7 Å². The van der Waals surface area contributed by atoms with Crippen molar-refractivity contribution < 1.29 is 9.94 Å². The molecule has 0 aliphatic heterocycles. The van der Waals surface area contributed by atoms with Gasteiger partial charge in [0.2, 0.25) is 0 Å². The molecular weight excluding hydrogens is 238 g/mol. The van der Waals surface area contributed by atoms with Gasteiger partial charge in [-0.15, -0.1) is 0 Å². The van der Waals surface area contributed by atoms with Crippen LogP contribution in [0.3, 0.4) is 0 Å². The average molecular weight is 265 g/mol. The van der Waals surface area contributed by atoms with E-state index in [1.165, 1.54) is 5.56 Å². The molecule has 0 fully saturated rings. The largest absolute Gasteiger partial charge is 0.508 e. The molecule has 1 rings (SSSR count). The summed E-state index contributed by atoms with van der Waals surface area (Å²) in [6.07, 6.45) is 1.71. The van der Waals surface area contributed by atoms with Crippen LogP contribution >= 0.6 is 0 Å². The SMILES string of the molecule is CC(C)(C)CC(C)(C)c1ccc(O)c(CCON)c1. The quantitative estimate of drug-likeness (QED) is 0.801. The third-order valence-electron chi connectivity index (χ3n) is 3.32. The maximum atomic E-state index is 9.86. The van der Waals surface area contributed by atoms with Crippen molar-refractivity contribution in [2.24, 2.45) is 11.3 Å². The molecule has 0 heterocycles. The van der Waals surface area contributed by atoms with E-state index in [1.807, 2.05) is 6.07 Å². The Morgan fingerprint density at radius 3 is 2.32 bits per heavy atom. The molecule has 0 spiro atoms. The van der Waals surface area contributed by atoms with Gasteiger partial charge in [-0.2, -0.15) is 0 Å². The summed E-state index contributed by atoms with van der Waals surface area (Å²) in [5.41, 5.74) is 2.48. The van der Waals surface area contributed by atoms with Crippen molar-refractivity contribution in [3.8, 4) is 5.75 Å². The highest BCUT2D eigenvalue weighted by atomic mass is 16.6. The Labute approximate surface area is 116 Å². The van der Waals surface area contributed by atoms with Crippen LogP contribution in [0.5, 0.6) is 5.75 Å². The Bertz CT molecular complexity index is 419. The van der Waals surface area contributed by atoms with E-state index in [4.69, 9.17) is 5.90 Å². The summed E-state index contributed by atoms with van der Waals surface area (Å²) in [4.78, 5) is 4.60.